The maximum Gasteiger partial charge on any atom is 0.306 e. The van der Waals surface area contributed by atoms with Crippen molar-refractivity contribution < 1.29 is 23.7 Å². The number of benzene rings is 2. The molecule has 2 aromatic rings. The molecule has 5 nitrogen and oxygen atoms in total. The van der Waals surface area contributed by atoms with Crippen molar-refractivity contribution in [2.24, 2.45) is 0 Å². The SMILES string of the molecule is CCOC(=O)CC(Cc1cc(OC)cc(OC)c1)c1ccc(OC)c(C)c1. The third kappa shape index (κ3) is 5.64. The lowest BCUT2D eigenvalue weighted by Crippen LogP contribution is -2.13. The number of esters is 1. The Morgan fingerprint density at radius 3 is 2.15 bits per heavy atom. The fourth-order valence-electron chi connectivity index (χ4n) is 3.15. The van der Waals surface area contributed by atoms with Crippen LogP contribution in [-0.4, -0.2) is 33.9 Å². The van der Waals surface area contributed by atoms with Gasteiger partial charge in [0.2, 0.25) is 0 Å². The summed E-state index contributed by atoms with van der Waals surface area (Å²) >= 11 is 0. The topological polar surface area (TPSA) is 54.0 Å². The van der Waals surface area contributed by atoms with Gasteiger partial charge in [-0.3, -0.25) is 4.79 Å². The molecular weight excluding hydrogens is 344 g/mol. The van der Waals surface area contributed by atoms with Crippen molar-refractivity contribution in [3.63, 3.8) is 0 Å². The Balaban J connectivity index is 2.35. The van der Waals surface area contributed by atoms with E-state index in [4.69, 9.17) is 18.9 Å². The van der Waals surface area contributed by atoms with Crippen molar-refractivity contribution in [1.82, 2.24) is 0 Å². The number of carbonyl (C=O) groups is 1. The standard InChI is InChI=1S/C22H28O5/c1-6-27-22(23)13-18(17-7-8-21(26-5)15(2)9-17)10-16-11-19(24-3)14-20(12-16)25-4/h7-9,11-12,14,18H,6,10,13H2,1-5H3. The molecule has 0 radical (unpaired) electrons. The highest BCUT2D eigenvalue weighted by Gasteiger charge is 2.19. The zero-order chi connectivity index (χ0) is 19.8. The molecule has 0 heterocycles. The van der Waals surface area contributed by atoms with Crippen LogP contribution < -0.4 is 14.2 Å². The van der Waals surface area contributed by atoms with Gasteiger partial charge in [-0.15, -0.1) is 0 Å². The van der Waals surface area contributed by atoms with Gasteiger partial charge >= 0.3 is 5.97 Å². The molecule has 0 aliphatic rings. The van der Waals surface area contributed by atoms with Gasteiger partial charge in [-0.1, -0.05) is 12.1 Å². The Hall–Kier alpha value is -2.69. The Morgan fingerprint density at radius 2 is 1.63 bits per heavy atom. The number of carbonyl (C=O) groups excluding carboxylic acids is 1. The third-order valence-corrected chi connectivity index (χ3v) is 4.50. The van der Waals surface area contributed by atoms with Gasteiger partial charge in [-0.2, -0.15) is 0 Å². The van der Waals surface area contributed by atoms with Crippen LogP contribution in [0.15, 0.2) is 36.4 Å². The zero-order valence-corrected chi connectivity index (χ0v) is 16.7. The predicted octanol–water partition coefficient (Wildman–Crippen LogP) is 4.30. The van der Waals surface area contributed by atoms with Crippen molar-refractivity contribution in [1.29, 1.82) is 0 Å². The average Bonchev–Trinajstić information content (AvgIpc) is 2.67. The highest BCUT2D eigenvalue weighted by Crippen LogP contribution is 2.31. The van der Waals surface area contributed by atoms with E-state index in [1.807, 2.05) is 44.2 Å². The zero-order valence-electron chi connectivity index (χ0n) is 16.7. The molecule has 0 saturated heterocycles. The maximum atomic E-state index is 12.2. The molecule has 27 heavy (non-hydrogen) atoms. The van der Waals surface area contributed by atoms with Gasteiger partial charge in [-0.25, -0.2) is 0 Å². The minimum atomic E-state index is -0.203. The molecule has 0 aromatic heterocycles. The first-order valence-electron chi connectivity index (χ1n) is 9.02. The molecule has 0 aliphatic carbocycles. The van der Waals surface area contributed by atoms with Crippen molar-refractivity contribution in [2.75, 3.05) is 27.9 Å². The number of rotatable bonds is 9. The summed E-state index contributed by atoms with van der Waals surface area (Å²) in [5, 5.41) is 0. The van der Waals surface area contributed by atoms with Gasteiger partial charge in [0.15, 0.2) is 0 Å². The van der Waals surface area contributed by atoms with Gasteiger partial charge in [0.1, 0.15) is 17.2 Å². The lowest BCUT2D eigenvalue weighted by molar-refractivity contribution is -0.143. The van der Waals surface area contributed by atoms with Crippen molar-refractivity contribution in [3.05, 3.63) is 53.1 Å². The molecule has 0 amide bonds. The van der Waals surface area contributed by atoms with E-state index < -0.39 is 0 Å². The van der Waals surface area contributed by atoms with Crippen LogP contribution in [0.3, 0.4) is 0 Å². The van der Waals surface area contributed by atoms with E-state index in [2.05, 4.69) is 6.07 Å². The first-order chi connectivity index (χ1) is 13.0. The van der Waals surface area contributed by atoms with E-state index in [0.29, 0.717) is 19.4 Å². The third-order valence-electron chi connectivity index (χ3n) is 4.50. The van der Waals surface area contributed by atoms with Crippen LogP contribution in [0.25, 0.3) is 0 Å². The summed E-state index contributed by atoms with van der Waals surface area (Å²) in [4.78, 5) is 12.2. The number of hydrogen-bond donors (Lipinski definition) is 0. The van der Waals surface area contributed by atoms with E-state index in [1.165, 1.54) is 0 Å². The summed E-state index contributed by atoms with van der Waals surface area (Å²) in [5.74, 6) is 2.06. The number of hydrogen-bond acceptors (Lipinski definition) is 5. The predicted molar refractivity (Wildman–Crippen MR) is 105 cm³/mol. The first-order valence-corrected chi connectivity index (χ1v) is 9.02. The van der Waals surface area contributed by atoms with Crippen LogP contribution in [0.5, 0.6) is 17.2 Å². The largest absolute Gasteiger partial charge is 0.497 e. The Kier molecular flexibility index (Phi) is 7.53. The number of ether oxygens (including phenoxy) is 4. The van der Waals surface area contributed by atoms with Crippen molar-refractivity contribution in [3.8, 4) is 17.2 Å². The molecular formula is C22H28O5. The molecule has 2 aromatic carbocycles. The molecule has 0 aliphatic heterocycles. The highest BCUT2D eigenvalue weighted by atomic mass is 16.5. The van der Waals surface area contributed by atoms with Gasteiger partial charge in [-0.05, 0) is 61.1 Å². The molecule has 2 rings (SSSR count). The van der Waals surface area contributed by atoms with Crippen LogP contribution in [0, 0.1) is 6.92 Å². The summed E-state index contributed by atoms with van der Waals surface area (Å²) in [6, 6.07) is 11.8. The second kappa shape index (κ2) is 9.86. The minimum Gasteiger partial charge on any atom is -0.497 e. The lowest BCUT2D eigenvalue weighted by Gasteiger charge is -2.19. The van der Waals surface area contributed by atoms with Gasteiger partial charge < -0.3 is 18.9 Å². The summed E-state index contributed by atoms with van der Waals surface area (Å²) < 4.78 is 21.3. The molecule has 0 fully saturated rings. The van der Waals surface area contributed by atoms with Crippen molar-refractivity contribution >= 4 is 5.97 Å². The molecule has 1 atom stereocenters. The smallest absolute Gasteiger partial charge is 0.306 e. The van der Waals surface area contributed by atoms with E-state index in [9.17, 15) is 4.79 Å². The Labute approximate surface area is 161 Å². The van der Waals surface area contributed by atoms with Crippen LogP contribution in [0.4, 0.5) is 0 Å². The summed E-state index contributed by atoms with van der Waals surface area (Å²) in [6.45, 7) is 4.19. The number of methoxy groups -OCH3 is 3. The van der Waals surface area contributed by atoms with Crippen LogP contribution >= 0.6 is 0 Å². The molecule has 146 valence electrons. The normalized spacial score (nSPS) is 11.6. The lowest BCUT2D eigenvalue weighted by atomic mass is 9.88. The second-order valence-electron chi connectivity index (χ2n) is 6.36. The summed E-state index contributed by atoms with van der Waals surface area (Å²) in [6.07, 6.45) is 0.970. The molecule has 0 N–H and O–H groups in total. The van der Waals surface area contributed by atoms with E-state index in [0.717, 1.165) is 33.9 Å². The molecule has 0 bridgehead atoms. The molecule has 0 saturated carbocycles. The average molecular weight is 372 g/mol. The van der Waals surface area contributed by atoms with Crippen LogP contribution in [0.1, 0.15) is 36.0 Å². The van der Waals surface area contributed by atoms with Gasteiger partial charge in [0.05, 0.1) is 34.4 Å². The molecule has 5 heteroatoms. The summed E-state index contributed by atoms with van der Waals surface area (Å²) in [5.41, 5.74) is 3.14. The van der Waals surface area contributed by atoms with E-state index in [-0.39, 0.29) is 11.9 Å². The molecule has 1 unspecified atom stereocenters. The Morgan fingerprint density at radius 1 is 0.963 bits per heavy atom. The van der Waals surface area contributed by atoms with E-state index in [1.54, 1.807) is 21.3 Å². The van der Waals surface area contributed by atoms with E-state index >= 15 is 0 Å². The highest BCUT2D eigenvalue weighted by molar-refractivity contribution is 5.70. The fraction of sp³-hybridized carbons (Fsp3) is 0.409. The van der Waals surface area contributed by atoms with Crippen molar-refractivity contribution in [2.45, 2.75) is 32.6 Å². The van der Waals surface area contributed by atoms with Crippen LogP contribution in [0.2, 0.25) is 0 Å². The monoisotopic (exact) mass is 372 g/mol. The first kappa shape index (κ1) is 20.6. The fourth-order valence-corrected chi connectivity index (χ4v) is 3.15. The Bertz CT molecular complexity index is 747. The minimum absolute atomic E-state index is 0.0227. The quantitative estimate of drug-likeness (QED) is 0.614. The maximum absolute atomic E-state index is 12.2. The summed E-state index contributed by atoms with van der Waals surface area (Å²) in [7, 11) is 4.91. The van der Waals surface area contributed by atoms with Crippen LogP contribution in [-0.2, 0) is 16.0 Å². The van der Waals surface area contributed by atoms with Gasteiger partial charge in [0.25, 0.3) is 0 Å². The number of aryl methyl sites for hydroxylation is 1. The van der Waals surface area contributed by atoms with Gasteiger partial charge in [0, 0.05) is 6.07 Å². The molecule has 0 spiro atoms. The second-order valence-corrected chi connectivity index (χ2v) is 6.36.